The van der Waals surface area contributed by atoms with Crippen molar-refractivity contribution in [2.75, 3.05) is 11.9 Å². The fourth-order valence-electron chi connectivity index (χ4n) is 3.10. The number of aromatic nitrogens is 2. The SMILES string of the molecule is N#Cc1ccc(Cl)cc1NC(=O)COC(=O)c1cc(-c2ccccn2)nc2ccccc12. The summed E-state index contributed by atoms with van der Waals surface area (Å²) in [6.07, 6.45) is 1.64. The first-order valence-electron chi connectivity index (χ1n) is 9.53. The molecule has 0 saturated heterocycles. The van der Waals surface area contributed by atoms with E-state index in [-0.39, 0.29) is 16.8 Å². The van der Waals surface area contributed by atoms with Gasteiger partial charge in [0, 0.05) is 16.6 Å². The molecular weight excluding hydrogens is 428 g/mol. The molecule has 8 heteroatoms. The summed E-state index contributed by atoms with van der Waals surface area (Å²) in [4.78, 5) is 34.0. The van der Waals surface area contributed by atoms with E-state index in [1.54, 1.807) is 48.7 Å². The lowest BCUT2D eigenvalue weighted by atomic mass is 10.1. The lowest BCUT2D eigenvalue weighted by molar-refractivity contribution is -0.119. The number of nitrogens with one attached hydrogen (secondary N) is 1. The molecule has 4 rings (SSSR count). The van der Waals surface area contributed by atoms with Gasteiger partial charge in [-0.3, -0.25) is 9.78 Å². The second-order valence-electron chi connectivity index (χ2n) is 6.71. The first kappa shape index (κ1) is 21.0. The van der Waals surface area contributed by atoms with Crippen LogP contribution in [0.25, 0.3) is 22.3 Å². The van der Waals surface area contributed by atoms with Gasteiger partial charge in [0.2, 0.25) is 0 Å². The molecule has 4 aromatic rings. The number of para-hydroxylation sites is 1. The molecule has 0 fully saturated rings. The van der Waals surface area contributed by atoms with Gasteiger partial charge < -0.3 is 10.1 Å². The first-order valence-corrected chi connectivity index (χ1v) is 9.91. The van der Waals surface area contributed by atoms with Crippen molar-refractivity contribution < 1.29 is 14.3 Å². The van der Waals surface area contributed by atoms with Gasteiger partial charge in [-0.2, -0.15) is 5.26 Å². The molecule has 1 amide bonds. The van der Waals surface area contributed by atoms with Gasteiger partial charge in [0.15, 0.2) is 6.61 Å². The fraction of sp³-hybridized carbons (Fsp3) is 0.0417. The molecule has 2 aromatic heterocycles. The number of nitriles is 1. The summed E-state index contributed by atoms with van der Waals surface area (Å²) in [5, 5.41) is 12.7. The Balaban J connectivity index is 1.56. The zero-order valence-corrected chi connectivity index (χ0v) is 17.3. The van der Waals surface area contributed by atoms with Crippen molar-refractivity contribution in [3.8, 4) is 17.5 Å². The third-order valence-electron chi connectivity index (χ3n) is 4.57. The van der Waals surface area contributed by atoms with Crippen LogP contribution in [0.3, 0.4) is 0 Å². The number of esters is 1. The Morgan fingerprint density at radius 1 is 1.03 bits per heavy atom. The summed E-state index contributed by atoms with van der Waals surface area (Å²) in [5.41, 5.74) is 2.48. The van der Waals surface area contributed by atoms with E-state index < -0.39 is 18.5 Å². The first-order chi connectivity index (χ1) is 15.5. The maximum absolute atomic E-state index is 12.9. The highest BCUT2D eigenvalue weighted by atomic mass is 35.5. The summed E-state index contributed by atoms with van der Waals surface area (Å²) < 4.78 is 5.25. The number of hydrogen-bond acceptors (Lipinski definition) is 6. The molecule has 0 atom stereocenters. The number of amides is 1. The van der Waals surface area contributed by atoms with Crippen molar-refractivity contribution in [2.24, 2.45) is 0 Å². The molecule has 0 unspecified atom stereocenters. The van der Waals surface area contributed by atoms with Crippen LogP contribution >= 0.6 is 11.6 Å². The van der Waals surface area contributed by atoms with Gasteiger partial charge >= 0.3 is 5.97 Å². The number of nitrogens with zero attached hydrogens (tertiary/aromatic N) is 3. The second-order valence-corrected chi connectivity index (χ2v) is 7.15. The molecule has 0 aliphatic rings. The molecule has 1 N–H and O–H groups in total. The maximum atomic E-state index is 12.9. The highest BCUT2D eigenvalue weighted by molar-refractivity contribution is 6.31. The average Bonchev–Trinajstić information content (AvgIpc) is 2.82. The third kappa shape index (κ3) is 4.56. The maximum Gasteiger partial charge on any atom is 0.339 e. The Kier molecular flexibility index (Phi) is 6.06. The standard InChI is InChI=1S/C24H15ClN4O3/c25-16-9-8-15(13-26)21(11-16)29-23(30)14-32-24(31)18-12-22(20-7-3-4-10-27-20)28-19-6-2-1-5-17(18)19/h1-12H,14H2,(H,29,30). The van der Waals surface area contributed by atoms with Crippen LogP contribution < -0.4 is 5.32 Å². The van der Waals surface area contributed by atoms with Crippen LogP contribution in [0.1, 0.15) is 15.9 Å². The summed E-state index contributed by atoms with van der Waals surface area (Å²) in [7, 11) is 0. The minimum atomic E-state index is -0.678. The molecule has 156 valence electrons. The number of pyridine rings is 2. The average molecular weight is 443 g/mol. The van der Waals surface area contributed by atoms with Crippen LogP contribution in [0.2, 0.25) is 5.02 Å². The van der Waals surface area contributed by atoms with E-state index in [4.69, 9.17) is 21.6 Å². The summed E-state index contributed by atoms with van der Waals surface area (Å²) in [6, 6.07) is 20.6. The van der Waals surface area contributed by atoms with Crippen LogP contribution in [0, 0.1) is 11.3 Å². The third-order valence-corrected chi connectivity index (χ3v) is 4.81. The lowest BCUT2D eigenvalue weighted by Crippen LogP contribution is -2.21. The van der Waals surface area contributed by atoms with Crippen molar-refractivity contribution in [3.63, 3.8) is 0 Å². The zero-order chi connectivity index (χ0) is 22.5. The number of ether oxygens (including phenoxy) is 1. The lowest BCUT2D eigenvalue weighted by Gasteiger charge is -2.11. The fourth-order valence-corrected chi connectivity index (χ4v) is 3.27. The number of anilines is 1. The highest BCUT2D eigenvalue weighted by Crippen LogP contribution is 2.24. The zero-order valence-electron chi connectivity index (χ0n) is 16.6. The van der Waals surface area contributed by atoms with Gasteiger partial charge in [-0.05, 0) is 42.5 Å². The Hall–Kier alpha value is -4.28. The molecule has 0 radical (unpaired) electrons. The van der Waals surface area contributed by atoms with Crippen LogP contribution in [0.15, 0.2) is 72.9 Å². The monoisotopic (exact) mass is 442 g/mol. The largest absolute Gasteiger partial charge is 0.452 e. The van der Waals surface area contributed by atoms with Gasteiger partial charge in [-0.1, -0.05) is 35.9 Å². The van der Waals surface area contributed by atoms with Gasteiger partial charge in [0.05, 0.1) is 33.7 Å². The minimum absolute atomic E-state index is 0.243. The number of fused-ring (bicyclic) bond motifs is 1. The molecule has 7 nitrogen and oxygen atoms in total. The minimum Gasteiger partial charge on any atom is -0.452 e. The number of hydrogen-bond donors (Lipinski definition) is 1. The van der Waals surface area contributed by atoms with Crippen LogP contribution in [-0.2, 0) is 9.53 Å². The van der Waals surface area contributed by atoms with E-state index in [1.165, 1.54) is 12.1 Å². The number of benzene rings is 2. The van der Waals surface area contributed by atoms with Crippen molar-refractivity contribution >= 4 is 40.1 Å². The summed E-state index contributed by atoms with van der Waals surface area (Å²) in [5.74, 6) is -1.28. The number of halogens is 1. The summed E-state index contributed by atoms with van der Waals surface area (Å²) >= 11 is 5.93. The Morgan fingerprint density at radius 2 is 1.84 bits per heavy atom. The Morgan fingerprint density at radius 3 is 2.62 bits per heavy atom. The normalized spacial score (nSPS) is 10.4. The number of rotatable bonds is 5. The van der Waals surface area contributed by atoms with E-state index in [0.717, 1.165) is 0 Å². The van der Waals surface area contributed by atoms with Gasteiger partial charge in [-0.25, -0.2) is 9.78 Å². The van der Waals surface area contributed by atoms with E-state index >= 15 is 0 Å². The Labute approximate surface area is 188 Å². The van der Waals surface area contributed by atoms with Crippen molar-refractivity contribution in [1.29, 1.82) is 5.26 Å². The van der Waals surface area contributed by atoms with Gasteiger partial charge in [0.25, 0.3) is 5.91 Å². The molecular formula is C24H15ClN4O3. The van der Waals surface area contributed by atoms with Gasteiger partial charge in [-0.15, -0.1) is 0 Å². The molecule has 0 aliphatic carbocycles. The van der Waals surface area contributed by atoms with E-state index in [9.17, 15) is 9.59 Å². The van der Waals surface area contributed by atoms with E-state index in [1.807, 2.05) is 18.2 Å². The molecule has 32 heavy (non-hydrogen) atoms. The summed E-state index contributed by atoms with van der Waals surface area (Å²) in [6.45, 7) is -0.536. The van der Waals surface area contributed by atoms with E-state index in [0.29, 0.717) is 27.3 Å². The highest BCUT2D eigenvalue weighted by Gasteiger charge is 2.17. The van der Waals surface area contributed by atoms with Crippen LogP contribution in [-0.4, -0.2) is 28.5 Å². The predicted octanol–water partition coefficient (Wildman–Crippen LogP) is 4.62. The molecule has 0 bridgehead atoms. The van der Waals surface area contributed by atoms with Crippen LogP contribution in [0.5, 0.6) is 0 Å². The Bertz CT molecular complexity index is 1370. The van der Waals surface area contributed by atoms with E-state index in [2.05, 4.69) is 15.3 Å². The predicted molar refractivity (Wildman–Crippen MR) is 120 cm³/mol. The van der Waals surface area contributed by atoms with Gasteiger partial charge in [0.1, 0.15) is 6.07 Å². The molecule has 2 aromatic carbocycles. The molecule has 0 aliphatic heterocycles. The molecule has 0 spiro atoms. The smallest absolute Gasteiger partial charge is 0.339 e. The quantitative estimate of drug-likeness (QED) is 0.452. The second kappa shape index (κ2) is 9.25. The topological polar surface area (TPSA) is 105 Å². The van der Waals surface area contributed by atoms with Crippen LogP contribution in [0.4, 0.5) is 5.69 Å². The number of carbonyl (C=O) groups excluding carboxylic acids is 2. The van der Waals surface area contributed by atoms with Crippen molar-refractivity contribution in [2.45, 2.75) is 0 Å². The van der Waals surface area contributed by atoms with Crippen molar-refractivity contribution in [1.82, 2.24) is 9.97 Å². The van der Waals surface area contributed by atoms with Crippen molar-refractivity contribution in [3.05, 3.63) is 89.1 Å². The number of carbonyl (C=O) groups is 2. The molecule has 2 heterocycles. The molecule has 0 saturated carbocycles.